The summed E-state index contributed by atoms with van der Waals surface area (Å²) >= 11 is 0. The van der Waals surface area contributed by atoms with Crippen LogP contribution in [0.2, 0.25) is 0 Å². The molecule has 0 bridgehead atoms. The fourth-order valence-corrected chi connectivity index (χ4v) is 4.68. The fourth-order valence-electron chi connectivity index (χ4n) is 3.77. The molecule has 2 aromatic carbocycles. The Kier molecular flexibility index (Phi) is 8.44. The molecule has 0 aromatic heterocycles. The van der Waals surface area contributed by atoms with Crippen LogP contribution < -0.4 is 9.62 Å². The number of likely N-dealkylation sites (N-methyl/N-ethyl adjacent to an activating group) is 1. The first-order valence-electron chi connectivity index (χ1n) is 10.6. The maximum absolute atomic E-state index is 13.5. The zero-order valence-corrected chi connectivity index (χ0v) is 20.5. The highest BCUT2D eigenvalue weighted by Crippen LogP contribution is 2.24. The lowest BCUT2D eigenvalue weighted by atomic mass is 10.1. The number of carbonyl (C=O) groups excluding carboxylic acids is 2. The smallest absolute Gasteiger partial charge is 0.244 e. The summed E-state index contributed by atoms with van der Waals surface area (Å²) in [5.74, 6) is -0.724. The number of carbonyl (C=O) groups is 2. The van der Waals surface area contributed by atoms with Crippen molar-refractivity contribution in [1.82, 2.24) is 10.2 Å². The molecular formula is C24H33N3O4S. The van der Waals surface area contributed by atoms with Crippen molar-refractivity contribution in [3.05, 3.63) is 64.7 Å². The van der Waals surface area contributed by atoms with E-state index in [-0.39, 0.29) is 19.0 Å². The Bertz CT molecular complexity index is 1080. The van der Waals surface area contributed by atoms with Crippen LogP contribution >= 0.6 is 0 Å². The summed E-state index contributed by atoms with van der Waals surface area (Å²) in [6, 6.07) is 12.4. The second-order valence-electron chi connectivity index (χ2n) is 8.11. The van der Waals surface area contributed by atoms with Gasteiger partial charge in [0, 0.05) is 13.6 Å². The summed E-state index contributed by atoms with van der Waals surface area (Å²) in [4.78, 5) is 27.5. The summed E-state index contributed by atoms with van der Waals surface area (Å²) in [7, 11) is -2.21. The quantitative estimate of drug-likeness (QED) is 0.625. The SMILES string of the molecule is CC[C@@H](C(=O)NC)N(Cc1cccc(C)c1)C(=O)CN(c1ccc(C)cc1C)S(C)(=O)=O. The summed E-state index contributed by atoms with van der Waals surface area (Å²) in [5.41, 5.74) is 4.12. The molecule has 2 aromatic rings. The molecule has 0 saturated heterocycles. The van der Waals surface area contributed by atoms with Gasteiger partial charge in [0.1, 0.15) is 12.6 Å². The van der Waals surface area contributed by atoms with Crippen molar-refractivity contribution in [3.63, 3.8) is 0 Å². The second-order valence-corrected chi connectivity index (χ2v) is 10.0. The highest BCUT2D eigenvalue weighted by molar-refractivity contribution is 7.92. The van der Waals surface area contributed by atoms with Crippen molar-refractivity contribution < 1.29 is 18.0 Å². The van der Waals surface area contributed by atoms with E-state index in [9.17, 15) is 18.0 Å². The minimum Gasteiger partial charge on any atom is -0.357 e. The molecule has 0 spiro atoms. The predicted octanol–water partition coefficient (Wildman–Crippen LogP) is 2.93. The Labute approximate surface area is 191 Å². The first kappa shape index (κ1) is 25.4. The van der Waals surface area contributed by atoms with Crippen LogP contribution in [0.4, 0.5) is 5.69 Å². The van der Waals surface area contributed by atoms with Crippen molar-refractivity contribution in [3.8, 4) is 0 Å². The molecule has 2 rings (SSSR count). The maximum Gasteiger partial charge on any atom is 0.244 e. The Hall–Kier alpha value is -2.87. The average molecular weight is 460 g/mol. The molecule has 0 aliphatic heterocycles. The van der Waals surface area contributed by atoms with Gasteiger partial charge in [-0.3, -0.25) is 13.9 Å². The molecule has 0 fully saturated rings. The summed E-state index contributed by atoms with van der Waals surface area (Å²) in [6.07, 6.45) is 1.49. The number of hydrogen-bond acceptors (Lipinski definition) is 4. The van der Waals surface area contributed by atoms with E-state index in [4.69, 9.17) is 0 Å². The molecular weight excluding hydrogens is 426 g/mol. The number of benzene rings is 2. The molecule has 0 aliphatic rings. The molecule has 8 heteroatoms. The number of nitrogens with zero attached hydrogens (tertiary/aromatic N) is 2. The minimum absolute atomic E-state index is 0.205. The zero-order valence-electron chi connectivity index (χ0n) is 19.7. The molecule has 2 amide bonds. The number of rotatable bonds is 9. The molecule has 0 unspecified atom stereocenters. The number of hydrogen-bond donors (Lipinski definition) is 1. The van der Waals surface area contributed by atoms with E-state index in [0.717, 1.165) is 32.8 Å². The Morgan fingerprint density at radius 1 is 1.03 bits per heavy atom. The molecule has 1 N–H and O–H groups in total. The van der Waals surface area contributed by atoms with Crippen LogP contribution in [0, 0.1) is 20.8 Å². The number of aryl methyl sites for hydroxylation is 3. The molecule has 0 heterocycles. The normalized spacial score (nSPS) is 12.2. The Morgan fingerprint density at radius 2 is 1.69 bits per heavy atom. The molecule has 0 saturated carbocycles. The first-order valence-corrected chi connectivity index (χ1v) is 12.4. The second kappa shape index (κ2) is 10.6. The van der Waals surface area contributed by atoms with E-state index in [2.05, 4.69) is 5.32 Å². The van der Waals surface area contributed by atoms with Gasteiger partial charge in [0.2, 0.25) is 21.8 Å². The number of anilines is 1. The monoisotopic (exact) mass is 459 g/mol. The van der Waals surface area contributed by atoms with E-state index in [1.807, 2.05) is 64.1 Å². The van der Waals surface area contributed by atoms with Crippen LogP contribution in [-0.2, 0) is 26.2 Å². The highest BCUT2D eigenvalue weighted by atomic mass is 32.2. The molecule has 1 atom stereocenters. The first-order chi connectivity index (χ1) is 15.0. The van der Waals surface area contributed by atoms with Crippen molar-refractivity contribution in [1.29, 1.82) is 0 Å². The van der Waals surface area contributed by atoms with Crippen molar-refractivity contribution in [2.75, 3.05) is 24.2 Å². The van der Waals surface area contributed by atoms with Crippen LogP contribution in [0.3, 0.4) is 0 Å². The molecule has 32 heavy (non-hydrogen) atoms. The third kappa shape index (κ3) is 6.32. The lowest BCUT2D eigenvalue weighted by Crippen LogP contribution is -2.51. The summed E-state index contributed by atoms with van der Waals surface area (Å²) < 4.78 is 26.4. The van der Waals surface area contributed by atoms with Crippen molar-refractivity contribution in [2.45, 2.75) is 46.7 Å². The minimum atomic E-state index is -3.73. The fraction of sp³-hybridized carbons (Fsp3) is 0.417. The summed E-state index contributed by atoms with van der Waals surface area (Å²) in [5, 5.41) is 2.61. The van der Waals surface area contributed by atoms with Crippen LogP contribution in [0.5, 0.6) is 0 Å². The van der Waals surface area contributed by atoms with Gasteiger partial charge in [0.15, 0.2) is 0 Å². The standard InChI is InChI=1S/C24H33N3O4S/c1-7-21(24(29)25-5)26(15-20-10-8-9-17(2)14-20)23(28)16-27(32(6,30)31)22-12-11-18(3)13-19(22)4/h8-14,21H,7,15-16H2,1-6H3,(H,25,29)/t21-/m0/s1. The van der Waals surface area contributed by atoms with E-state index >= 15 is 0 Å². The van der Waals surface area contributed by atoms with Crippen LogP contribution in [-0.4, -0.2) is 51.0 Å². The highest BCUT2D eigenvalue weighted by Gasteiger charge is 2.31. The van der Waals surface area contributed by atoms with Crippen molar-refractivity contribution in [2.24, 2.45) is 0 Å². The Morgan fingerprint density at radius 3 is 2.22 bits per heavy atom. The van der Waals surface area contributed by atoms with Gasteiger partial charge in [-0.15, -0.1) is 0 Å². The van der Waals surface area contributed by atoms with Gasteiger partial charge < -0.3 is 10.2 Å². The molecule has 0 aliphatic carbocycles. The molecule has 174 valence electrons. The van der Waals surface area contributed by atoms with E-state index in [1.54, 1.807) is 6.07 Å². The van der Waals surface area contributed by atoms with Gasteiger partial charge in [-0.05, 0) is 44.4 Å². The van der Waals surface area contributed by atoms with Crippen LogP contribution in [0.25, 0.3) is 0 Å². The Balaban J connectivity index is 2.46. The van der Waals surface area contributed by atoms with Gasteiger partial charge in [0.05, 0.1) is 11.9 Å². The lowest BCUT2D eigenvalue weighted by Gasteiger charge is -2.33. The predicted molar refractivity (Wildman–Crippen MR) is 128 cm³/mol. The average Bonchev–Trinajstić information content (AvgIpc) is 2.71. The van der Waals surface area contributed by atoms with E-state index in [1.165, 1.54) is 11.9 Å². The van der Waals surface area contributed by atoms with Gasteiger partial charge in [-0.2, -0.15) is 0 Å². The number of sulfonamides is 1. The van der Waals surface area contributed by atoms with Gasteiger partial charge >= 0.3 is 0 Å². The number of nitrogens with one attached hydrogen (secondary N) is 1. The summed E-state index contributed by atoms with van der Waals surface area (Å²) in [6.45, 7) is 7.34. The van der Waals surface area contributed by atoms with Gasteiger partial charge in [-0.1, -0.05) is 54.4 Å². The van der Waals surface area contributed by atoms with E-state index in [0.29, 0.717) is 12.1 Å². The maximum atomic E-state index is 13.5. The van der Waals surface area contributed by atoms with Gasteiger partial charge in [0.25, 0.3) is 0 Å². The number of amides is 2. The topological polar surface area (TPSA) is 86.8 Å². The van der Waals surface area contributed by atoms with Crippen LogP contribution in [0.1, 0.15) is 35.6 Å². The van der Waals surface area contributed by atoms with Crippen LogP contribution in [0.15, 0.2) is 42.5 Å². The third-order valence-corrected chi connectivity index (χ3v) is 6.49. The van der Waals surface area contributed by atoms with Gasteiger partial charge in [-0.25, -0.2) is 8.42 Å². The zero-order chi connectivity index (χ0) is 24.1. The largest absolute Gasteiger partial charge is 0.357 e. The van der Waals surface area contributed by atoms with Crippen molar-refractivity contribution >= 4 is 27.5 Å². The third-order valence-electron chi connectivity index (χ3n) is 5.37. The molecule has 7 nitrogen and oxygen atoms in total. The lowest BCUT2D eigenvalue weighted by molar-refractivity contribution is -0.140. The van der Waals surface area contributed by atoms with E-state index < -0.39 is 22.0 Å². The molecule has 0 radical (unpaired) electrons.